The van der Waals surface area contributed by atoms with Crippen LogP contribution in [0.25, 0.3) is 0 Å². The SMILES string of the molecule is Cc1nc(C)n(C2CN(C(=O)C3CC(=O)N(Cc4ccco4)C3)C2)n1. The van der Waals surface area contributed by atoms with Gasteiger partial charge in [0.05, 0.1) is 24.8 Å². The number of hydrogen-bond acceptors (Lipinski definition) is 5. The maximum atomic E-state index is 12.7. The fourth-order valence-corrected chi connectivity index (χ4v) is 3.61. The number of carbonyl (C=O) groups excluding carboxylic acids is 2. The minimum absolute atomic E-state index is 0.00886. The number of aryl methyl sites for hydroxylation is 2. The summed E-state index contributed by atoms with van der Waals surface area (Å²) in [6.07, 6.45) is 1.87. The third kappa shape index (κ3) is 2.92. The number of nitrogens with zero attached hydrogens (tertiary/aromatic N) is 5. The molecule has 2 aliphatic rings. The minimum Gasteiger partial charge on any atom is -0.467 e. The third-order valence-electron chi connectivity index (χ3n) is 4.92. The van der Waals surface area contributed by atoms with Crippen molar-refractivity contribution in [3.8, 4) is 0 Å². The normalized spacial score (nSPS) is 21.0. The van der Waals surface area contributed by atoms with Crippen LogP contribution in [0.2, 0.25) is 0 Å². The lowest BCUT2D eigenvalue weighted by Crippen LogP contribution is -2.53. The Kier molecular flexibility index (Phi) is 3.82. The van der Waals surface area contributed by atoms with E-state index in [1.807, 2.05) is 29.5 Å². The summed E-state index contributed by atoms with van der Waals surface area (Å²) in [5, 5.41) is 4.38. The second-order valence-electron chi connectivity index (χ2n) is 6.80. The van der Waals surface area contributed by atoms with Crippen LogP contribution in [-0.2, 0) is 16.1 Å². The van der Waals surface area contributed by atoms with E-state index in [2.05, 4.69) is 10.1 Å². The Morgan fingerprint density at radius 2 is 2.12 bits per heavy atom. The van der Waals surface area contributed by atoms with Gasteiger partial charge in [0.2, 0.25) is 11.8 Å². The molecule has 0 saturated carbocycles. The molecule has 4 rings (SSSR count). The quantitative estimate of drug-likeness (QED) is 0.824. The fraction of sp³-hybridized carbons (Fsp3) is 0.529. The first-order valence-electron chi connectivity index (χ1n) is 8.50. The van der Waals surface area contributed by atoms with Crippen LogP contribution < -0.4 is 0 Å². The number of amides is 2. The highest BCUT2D eigenvalue weighted by Crippen LogP contribution is 2.28. The highest BCUT2D eigenvalue weighted by molar-refractivity contribution is 5.89. The van der Waals surface area contributed by atoms with Crippen LogP contribution >= 0.6 is 0 Å². The van der Waals surface area contributed by atoms with E-state index in [-0.39, 0.29) is 30.2 Å². The van der Waals surface area contributed by atoms with Gasteiger partial charge in [0.1, 0.15) is 17.4 Å². The lowest BCUT2D eigenvalue weighted by atomic mass is 10.0. The van der Waals surface area contributed by atoms with Gasteiger partial charge in [-0.1, -0.05) is 0 Å². The van der Waals surface area contributed by atoms with Crippen molar-refractivity contribution in [3.05, 3.63) is 35.8 Å². The zero-order valence-corrected chi connectivity index (χ0v) is 14.4. The predicted octanol–water partition coefficient (Wildman–Crippen LogP) is 0.920. The molecule has 0 aromatic carbocycles. The van der Waals surface area contributed by atoms with Crippen molar-refractivity contribution >= 4 is 11.8 Å². The molecule has 1 unspecified atom stereocenters. The highest BCUT2D eigenvalue weighted by atomic mass is 16.3. The third-order valence-corrected chi connectivity index (χ3v) is 4.92. The van der Waals surface area contributed by atoms with E-state index in [9.17, 15) is 9.59 Å². The van der Waals surface area contributed by atoms with Crippen molar-refractivity contribution < 1.29 is 14.0 Å². The van der Waals surface area contributed by atoms with Gasteiger partial charge in [0.15, 0.2) is 0 Å². The Hall–Kier alpha value is -2.64. The van der Waals surface area contributed by atoms with Gasteiger partial charge in [-0.3, -0.25) is 9.59 Å². The second-order valence-corrected chi connectivity index (χ2v) is 6.80. The average Bonchev–Trinajstić information content (AvgIpc) is 3.22. The summed E-state index contributed by atoms with van der Waals surface area (Å²) < 4.78 is 7.18. The summed E-state index contributed by atoms with van der Waals surface area (Å²) >= 11 is 0. The molecule has 4 heterocycles. The van der Waals surface area contributed by atoms with Gasteiger partial charge in [0, 0.05) is 26.1 Å². The molecule has 1 atom stereocenters. The Labute approximate surface area is 145 Å². The first-order chi connectivity index (χ1) is 12.0. The molecule has 0 N–H and O–H groups in total. The van der Waals surface area contributed by atoms with E-state index < -0.39 is 0 Å². The van der Waals surface area contributed by atoms with Gasteiger partial charge in [-0.15, -0.1) is 0 Å². The van der Waals surface area contributed by atoms with Crippen molar-refractivity contribution in [2.45, 2.75) is 32.9 Å². The van der Waals surface area contributed by atoms with Gasteiger partial charge < -0.3 is 14.2 Å². The highest BCUT2D eigenvalue weighted by Gasteiger charge is 2.41. The molecule has 2 aliphatic heterocycles. The van der Waals surface area contributed by atoms with Crippen LogP contribution in [0.5, 0.6) is 0 Å². The van der Waals surface area contributed by atoms with Crippen molar-refractivity contribution in [3.63, 3.8) is 0 Å². The molecular formula is C17H21N5O3. The van der Waals surface area contributed by atoms with Gasteiger partial charge in [-0.25, -0.2) is 9.67 Å². The van der Waals surface area contributed by atoms with Crippen LogP contribution in [0.4, 0.5) is 0 Å². The van der Waals surface area contributed by atoms with Crippen molar-refractivity contribution in [2.24, 2.45) is 5.92 Å². The van der Waals surface area contributed by atoms with E-state index >= 15 is 0 Å². The lowest BCUT2D eigenvalue weighted by Gasteiger charge is -2.40. The largest absolute Gasteiger partial charge is 0.467 e. The molecule has 0 radical (unpaired) electrons. The molecular weight excluding hydrogens is 322 g/mol. The minimum atomic E-state index is -0.262. The summed E-state index contributed by atoms with van der Waals surface area (Å²) in [5.74, 6) is 2.16. The maximum absolute atomic E-state index is 12.7. The van der Waals surface area contributed by atoms with E-state index in [0.717, 1.165) is 17.4 Å². The number of rotatable bonds is 4. The molecule has 2 aromatic heterocycles. The van der Waals surface area contributed by atoms with Gasteiger partial charge in [-0.05, 0) is 26.0 Å². The predicted molar refractivity (Wildman–Crippen MR) is 87.3 cm³/mol. The summed E-state index contributed by atoms with van der Waals surface area (Å²) in [4.78, 5) is 32.7. The van der Waals surface area contributed by atoms with Crippen LogP contribution in [-0.4, -0.2) is 56.0 Å². The van der Waals surface area contributed by atoms with Crippen LogP contribution in [0.1, 0.15) is 29.9 Å². The average molecular weight is 343 g/mol. The zero-order valence-electron chi connectivity index (χ0n) is 14.4. The van der Waals surface area contributed by atoms with E-state index in [4.69, 9.17) is 4.42 Å². The standard InChI is InChI=1S/C17H21N5O3/c1-11-18-12(2)22(19-11)14-8-21(9-14)17(24)13-6-16(23)20(7-13)10-15-4-3-5-25-15/h3-5,13-14H,6-10H2,1-2H3. The zero-order chi connectivity index (χ0) is 17.6. The van der Waals surface area contributed by atoms with Gasteiger partial charge in [0.25, 0.3) is 0 Å². The number of hydrogen-bond donors (Lipinski definition) is 0. The molecule has 2 aromatic rings. The molecule has 2 amide bonds. The molecule has 2 saturated heterocycles. The van der Waals surface area contributed by atoms with Crippen LogP contribution in [0, 0.1) is 19.8 Å². The number of aromatic nitrogens is 3. The summed E-state index contributed by atoms with van der Waals surface area (Å²) in [7, 11) is 0. The Morgan fingerprint density at radius 1 is 1.32 bits per heavy atom. The Bertz CT molecular complexity index is 791. The maximum Gasteiger partial charge on any atom is 0.228 e. The topological polar surface area (TPSA) is 84.5 Å². The summed E-state index contributed by atoms with van der Waals surface area (Å²) in [6, 6.07) is 3.82. The summed E-state index contributed by atoms with van der Waals surface area (Å²) in [5.41, 5.74) is 0. The van der Waals surface area contributed by atoms with Crippen molar-refractivity contribution in [1.82, 2.24) is 24.6 Å². The molecule has 132 valence electrons. The lowest BCUT2D eigenvalue weighted by molar-refractivity contribution is -0.141. The molecule has 8 nitrogen and oxygen atoms in total. The number of carbonyl (C=O) groups is 2. The van der Waals surface area contributed by atoms with Gasteiger partial charge in [-0.2, -0.15) is 5.10 Å². The Morgan fingerprint density at radius 3 is 2.76 bits per heavy atom. The van der Waals surface area contributed by atoms with Gasteiger partial charge >= 0.3 is 0 Å². The smallest absolute Gasteiger partial charge is 0.228 e. The molecule has 2 fully saturated rings. The second kappa shape index (κ2) is 6.02. The summed E-state index contributed by atoms with van der Waals surface area (Å²) in [6.45, 7) is 5.93. The molecule has 0 spiro atoms. The molecule has 8 heteroatoms. The number of likely N-dealkylation sites (tertiary alicyclic amines) is 2. The molecule has 0 aliphatic carbocycles. The van der Waals surface area contributed by atoms with E-state index in [1.54, 1.807) is 17.2 Å². The first kappa shape index (κ1) is 15.9. The molecule has 25 heavy (non-hydrogen) atoms. The molecule has 0 bridgehead atoms. The van der Waals surface area contributed by atoms with Crippen LogP contribution in [0.3, 0.4) is 0 Å². The Balaban J connectivity index is 1.33. The first-order valence-corrected chi connectivity index (χ1v) is 8.50. The fourth-order valence-electron chi connectivity index (χ4n) is 3.61. The van der Waals surface area contributed by atoms with Crippen LogP contribution in [0.15, 0.2) is 22.8 Å². The van der Waals surface area contributed by atoms with E-state index in [0.29, 0.717) is 26.2 Å². The van der Waals surface area contributed by atoms with Crippen molar-refractivity contribution in [1.29, 1.82) is 0 Å². The number of furan rings is 1. The van der Waals surface area contributed by atoms with Crippen molar-refractivity contribution in [2.75, 3.05) is 19.6 Å². The monoisotopic (exact) mass is 343 g/mol. The van der Waals surface area contributed by atoms with E-state index in [1.165, 1.54) is 0 Å².